The van der Waals surface area contributed by atoms with Crippen LogP contribution >= 0.6 is 11.3 Å². The van der Waals surface area contributed by atoms with Gasteiger partial charge in [-0.15, -0.1) is 11.3 Å². The van der Waals surface area contributed by atoms with Crippen LogP contribution in [-0.4, -0.2) is 34.1 Å². The molecule has 1 aliphatic rings. The predicted octanol–water partition coefficient (Wildman–Crippen LogP) is 2.22. The van der Waals surface area contributed by atoms with Gasteiger partial charge < -0.3 is 10.0 Å². The van der Waals surface area contributed by atoms with Crippen LogP contribution in [0.25, 0.3) is 0 Å². The summed E-state index contributed by atoms with van der Waals surface area (Å²) in [5, 5.41) is 12.2. The lowest BCUT2D eigenvalue weighted by atomic mass is 9.98. The number of piperidine rings is 1. The van der Waals surface area contributed by atoms with Gasteiger partial charge in [0.25, 0.3) is 0 Å². The monoisotopic (exact) mass is 240 g/mol. The molecule has 1 aromatic rings. The van der Waals surface area contributed by atoms with Crippen LogP contribution in [0.4, 0.5) is 0 Å². The molecule has 0 bridgehead atoms. The van der Waals surface area contributed by atoms with Gasteiger partial charge in [0.15, 0.2) is 0 Å². The highest BCUT2D eigenvalue weighted by Crippen LogP contribution is 2.29. The van der Waals surface area contributed by atoms with E-state index in [2.05, 4.69) is 23.7 Å². The molecule has 90 valence electrons. The molecule has 0 amide bonds. The maximum atomic E-state index is 9.02. The van der Waals surface area contributed by atoms with Crippen molar-refractivity contribution in [3.63, 3.8) is 0 Å². The van der Waals surface area contributed by atoms with Crippen LogP contribution in [0.15, 0.2) is 5.38 Å². The molecule has 2 rings (SSSR count). The van der Waals surface area contributed by atoms with Gasteiger partial charge in [0, 0.05) is 23.9 Å². The third-order valence-corrected chi connectivity index (χ3v) is 4.32. The van der Waals surface area contributed by atoms with E-state index >= 15 is 0 Å². The zero-order chi connectivity index (χ0) is 11.5. The van der Waals surface area contributed by atoms with Crippen LogP contribution in [0.5, 0.6) is 0 Å². The number of likely N-dealkylation sites (tertiary alicyclic amines) is 1. The molecule has 1 aromatic heterocycles. The Kier molecular flexibility index (Phi) is 3.95. The van der Waals surface area contributed by atoms with Gasteiger partial charge in [-0.05, 0) is 33.2 Å². The van der Waals surface area contributed by atoms with Gasteiger partial charge in [-0.3, -0.25) is 0 Å². The molecule has 2 heterocycles. The molecule has 1 N–H and O–H groups in total. The Morgan fingerprint density at radius 3 is 3.06 bits per heavy atom. The molecule has 0 radical (unpaired) electrons. The Labute approximate surface area is 101 Å². The molecule has 4 heteroatoms. The molecule has 0 aliphatic carbocycles. The van der Waals surface area contributed by atoms with E-state index in [0.717, 1.165) is 12.2 Å². The molecule has 0 spiro atoms. The molecule has 1 atom stereocenters. The van der Waals surface area contributed by atoms with E-state index < -0.39 is 0 Å². The highest BCUT2D eigenvalue weighted by atomic mass is 32.1. The van der Waals surface area contributed by atoms with E-state index in [1.807, 2.05) is 5.38 Å². The number of aromatic nitrogens is 1. The lowest BCUT2D eigenvalue weighted by Gasteiger charge is -2.34. The first-order valence-corrected chi connectivity index (χ1v) is 6.88. The van der Waals surface area contributed by atoms with Crippen molar-refractivity contribution in [3.05, 3.63) is 16.1 Å². The Bertz CT molecular complexity index is 338. The van der Waals surface area contributed by atoms with Crippen LogP contribution in [-0.2, 0) is 6.61 Å². The van der Waals surface area contributed by atoms with Crippen LogP contribution in [0.3, 0.4) is 0 Å². The van der Waals surface area contributed by atoms with Gasteiger partial charge in [0.05, 0.1) is 17.3 Å². The molecular formula is C12H20N2OS. The van der Waals surface area contributed by atoms with Gasteiger partial charge in [0.2, 0.25) is 0 Å². The SMILES string of the molecule is CC(C)N1CCCC(c2nc(CO)cs2)C1. The van der Waals surface area contributed by atoms with Crippen molar-refractivity contribution in [3.8, 4) is 0 Å². The zero-order valence-electron chi connectivity index (χ0n) is 10.0. The molecule has 0 saturated carbocycles. The van der Waals surface area contributed by atoms with Crippen molar-refractivity contribution in [1.82, 2.24) is 9.88 Å². The number of aliphatic hydroxyl groups is 1. The van der Waals surface area contributed by atoms with Crippen molar-refractivity contribution in [2.45, 2.75) is 45.3 Å². The Morgan fingerprint density at radius 1 is 1.62 bits per heavy atom. The van der Waals surface area contributed by atoms with E-state index in [0.29, 0.717) is 12.0 Å². The molecule has 16 heavy (non-hydrogen) atoms. The van der Waals surface area contributed by atoms with Crippen LogP contribution < -0.4 is 0 Å². The third-order valence-electron chi connectivity index (χ3n) is 3.26. The van der Waals surface area contributed by atoms with Crippen molar-refractivity contribution >= 4 is 11.3 Å². The molecule has 1 fully saturated rings. The molecule has 1 aliphatic heterocycles. The van der Waals surface area contributed by atoms with Crippen molar-refractivity contribution in [1.29, 1.82) is 0 Å². The Balaban J connectivity index is 2.03. The molecule has 1 unspecified atom stereocenters. The minimum atomic E-state index is 0.0666. The molecular weight excluding hydrogens is 220 g/mol. The van der Waals surface area contributed by atoms with E-state index in [4.69, 9.17) is 5.11 Å². The van der Waals surface area contributed by atoms with Gasteiger partial charge in [-0.25, -0.2) is 4.98 Å². The first-order chi connectivity index (χ1) is 7.70. The van der Waals surface area contributed by atoms with Crippen molar-refractivity contribution < 1.29 is 5.11 Å². The molecule has 3 nitrogen and oxygen atoms in total. The summed E-state index contributed by atoms with van der Waals surface area (Å²) in [6.45, 7) is 6.91. The fourth-order valence-corrected chi connectivity index (χ4v) is 3.20. The highest BCUT2D eigenvalue weighted by molar-refractivity contribution is 7.09. The van der Waals surface area contributed by atoms with Crippen LogP contribution in [0.1, 0.15) is 43.3 Å². The van der Waals surface area contributed by atoms with Gasteiger partial charge in [0.1, 0.15) is 0 Å². The lowest BCUT2D eigenvalue weighted by Crippen LogP contribution is -2.39. The third kappa shape index (κ3) is 2.62. The summed E-state index contributed by atoms with van der Waals surface area (Å²) in [6.07, 6.45) is 2.50. The number of thiazole rings is 1. The second kappa shape index (κ2) is 5.25. The van der Waals surface area contributed by atoms with E-state index in [1.165, 1.54) is 24.4 Å². The average molecular weight is 240 g/mol. The van der Waals surface area contributed by atoms with E-state index in [1.54, 1.807) is 11.3 Å². The highest BCUT2D eigenvalue weighted by Gasteiger charge is 2.24. The maximum absolute atomic E-state index is 9.02. The summed E-state index contributed by atoms with van der Waals surface area (Å²) in [4.78, 5) is 7.01. The first-order valence-electron chi connectivity index (χ1n) is 6.00. The second-order valence-electron chi connectivity index (χ2n) is 4.76. The molecule has 0 aromatic carbocycles. The Morgan fingerprint density at radius 2 is 2.44 bits per heavy atom. The number of hydrogen-bond acceptors (Lipinski definition) is 4. The van der Waals surface area contributed by atoms with Crippen molar-refractivity contribution in [2.75, 3.05) is 13.1 Å². The fourth-order valence-electron chi connectivity index (χ4n) is 2.26. The largest absolute Gasteiger partial charge is 0.390 e. The summed E-state index contributed by atoms with van der Waals surface area (Å²) in [5.41, 5.74) is 0.821. The number of aliphatic hydroxyl groups excluding tert-OH is 1. The summed E-state index contributed by atoms with van der Waals surface area (Å²) in [6, 6.07) is 0.625. The maximum Gasteiger partial charge on any atom is 0.0973 e. The average Bonchev–Trinajstić information content (AvgIpc) is 2.77. The summed E-state index contributed by atoms with van der Waals surface area (Å²) in [7, 11) is 0. The minimum Gasteiger partial charge on any atom is -0.390 e. The van der Waals surface area contributed by atoms with Crippen LogP contribution in [0, 0.1) is 0 Å². The number of rotatable bonds is 3. The summed E-state index contributed by atoms with van der Waals surface area (Å²) >= 11 is 1.70. The predicted molar refractivity (Wildman–Crippen MR) is 66.7 cm³/mol. The summed E-state index contributed by atoms with van der Waals surface area (Å²) < 4.78 is 0. The standard InChI is InChI=1S/C12H20N2OS/c1-9(2)14-5-3-4-10(6-14)12-13-11(7-15)8-16-12/h8-10,15H,3-7H2,1-2H3. The lowest BCUT2D eigenvalue weighted by molar-refractivity contribution is 0.167. The smallest absolute Gasteiger partial charge is 0.0973 e. The van der Waals surface area contributed by atoms with Gasteiger partial charge >= 0.3 is 0 Å². The zero-order valence-corrected chi connectivity index (χ0v) is 10.8. The fraction of sp³-hybridized carbons (Fsp3) is 0.750. The van der Waals surface area contributed by atoms with E-state index in [-0.39, 0.29) is 6.61 Å². The number of nitrogens with zero attached hydrogens (tertiary/aromatic N) is 2. The normalized spacial score (nSPS) is 22.9. The van der Waals surface area contributed by atoms with Gasteiger partial charge in [-0.2, -0.15) is 0 Å². The quantitative estimate of drug-likeness (QED) is 0.880. The molecule has 1 saturated heterocycles. The van der Waals surface area contributed by atoms with Gasteiger partial charge in [-0.1, -0.05) is 0 Å². The number of hydrogen-bond donors (Lipinski definition) is 1. The Hall–Kier alpha value is -0.450. The first kappa shape index (κ1) is 12.0. The van der Waals surface area contributed by atoms with Crippen molar-refractivity contribution in [2.24, 2.45) is 0 Å². The topological polar surface area (TPSA) is 36.4 Å². The summed E-state index contributed by atoms with van der Waals surface area (Å²) in [5.74, 6) is 0.571. The second-order valence-corrected chi connectivity index (χ2v) is 5.65. The minimum absolute atomic E-state index is 0.0666. The van der Waals surface area contributed by atoms with E-state index in [9.17, 15) is 0 Å². The van der Waals surface area contributed by atoms with Crippen LogP contribution in [0.2, 0.25) is 0 Å².